The molecule has 0 bridgehead atoms. The Bertz CT molecular complexity index is 485. The van der Waals surface area contributed by atoms with Gasteiger partial charge in [0, 0.05) is 5.56 Å². The Morgan fingerprint density at radius 3 is 2.21 bits per heavy atom. The maximum Gasteiger partial charge on any atom is 0.573 e. The normalized spacial score (nSPS) is 12.4. The first-order valence-corrected chi connectivity index (χ1v) is 4.99. The van der Waals surface area contributed by atoms with Gasteiger partial charge in [-0.25, -0.2) is 4.98 Å². The number of hydrogen-bond acceptors (Lipinski definition) is 3. The van der Waals surface area contributed by atoms with Crippen molar-refractivity contribution in [3.05, 3.63) is 23.0 Å². The van der Waals surface area contributed by atoms with Crippen molar-refractivity contribution in [1.82, 2.24) is 4.98 Å². The summed E-state index contributed by atoms with van der Waals surface area (Å²) in [6.45, 7) is 0. The third-order valence-electron chi connectivity index (χ3n) is 1.93. The van der Waals surface area contributed by atoms with Crippen LogP contribution in [0.4, 0.5) is 26.3 Å². The van der Waals surface area contributed by atoms with Crippen molar-refractivity contribution in [3.8, 4) is 5.75 Å². The molecule has 0 aliphatic rings. The molecule has 0 aliphatic heterocycles. The predicted molar refractivity (Wildman–Crippen MR) is 50.9 cm³/mol. The molecule has 1 rings (SSSR count). The van der Waals surface area contributed by atoms with Crippen LogP contribution in [0.3, 0.4) is 0 Å². The van der Waals surface area contributed by atoms with E-state index in [1.54, 1.807) is 0 Å². The van der Waals surface area contributed by atoms with Gasteiger partial charge in [0.15, 0.2) is 12.0 Å². The number of rotatable bonds is 3. The molecule has 3 nitrogen and oxygen atoms in total. The second kappa shape index (κ2) is 5.24. The van der Waals surface area contributed by atoms with Crippen LogP contribution < -0.4 is 4.74 Å². The number of halogens is 7. The molecule has 1 aromatic heterocycles. The SMILES string of the molecule is O=Cc1ncc(OC(F)(F)F)c(CCl)c1C(F)(F)F. The molecule has 0 saturated heterocycles. The fourth-order valence-corrected chi connectivity index (χ4v) is 1.56. The minimum Gasteiger partial charge on any atom is -0.404 e. The smallest absolute Gasteiger partial charge is 0.404 e. The molecule has 0 saturated carbocycles. The number of pyridine rings is 1. The number of carbonyl (C=O) groups is 1. The second-order valence-electron chi connectivity index (χ2n) is 3.16. The van der Waals surface area contributed by atoms with E-state index in [4.69, 9.17) is 11.6 Å². The molecule has 0 radical (unpaired) electrons. The van der Waals surface area contributed by atoms with Gasteiger partial charge in [0.05, 0.1) is 17.6 Å². The first kappa shape index (κ1) is 15.5. The minimum absolute atomic E-state index is 0.226. The van der Waals surface area contributed by atoms with Crippen LogP contribution in [0.15, 0.2) is 6.20 Å². The molecular formula is C9H4ClF6NO2. The summed E-state index contributed by atoms with van der Waals surface area (Å²) in [7, 11) is 0. The Balaban J connectivity index is 3.49. The van der Waals surface area contributed by atoms with E-state index in [0.717, 1.165) is 0 Å². The first-order chi connectivity index (χ1) is 8.60. The molecule has 0 atom stereocenters. The van der Waals surface area contributed by atoms with Crippen molar-refractivity contribution >= 4 is 17.9 Å². The number of aldehydes is 1. The monoisotopic (exact) mass is 307 g/mol. The van der Waals surface area contributed by atoms with Crippen LogP contribution in [0.5, 0.6) is 5.75 Å². The zero-order chi connectivity index (χ0) is 14.8. The van der Waals surface area contributed by atoms with Crippen LogP contribution in [0, 0.1) is 0 Å². The molecule has 0 aromatic carbocycles. The molecule has 1 heterocycles. The van der Waals surface area contributed by atoms with Crippen LogP contribution in [0.1, 0.15) is 21.6 Å². The largest absolute Gasteiger partial charge is 0.573 e. The second-order valence-corrected chi connectivity index (χ2v) is 3.43. The van der Waals surface area contributed by atoms with E-state index in [0.29, 0.717) is 6.20 Å². The summed E-state index contributed by atoms with van der Waals surface area (Å²) < 4.78 is 77.6. The van der Waals surface area contributed by atoms with Gasteiger partial charge in [-0.15, -0.1) is 24.8 Å². The Morgan fingerprint density at radius 2 is 1.84 bits per heavy atom. The molecule has 0 spiro atoms. The number of ether oxygens (including phenoxy) is 1. The summed E-state index contributed by atoms with van der Waals surface area (Å²) in [5, 5.41) is 0. The topological polar surface area (TPSA) is 39.2 Å². The van der Waals surface area contributed by atoms with Gasteiger partial charge in [-0.1, -0.05) is 0 Å². The predicted octanol–water partition coefficient (Wildman–Crippen LogP) is 3.55. The fraction of sp³-hybridized carbons (Fsp3) is 0.333. The zero-order valence-electron chi connectivity index (χ0n) is 8.77. The molecule has 0 fully saturated rings. The van der Waals surface area contributed by atoms with Crippen LogP contribution in [-0.2, 0) is 12.1 Å². The van der Waals surface area contributed by atoms with Gasteiger partial charge < -0.3 is 4.74 Å². The van der Waals surface area contributed by atoms with Crippen molar-refractivity contribution in [2.45, 2.75) is 18.4 Å². The Labute approximate surface area is 107 Å². The third-order valence-corrected chi connectivity index (χ3v) is 2.20. The lowest BCUT2D eigenvalue weighted by atomic mass is 10.1. The molecule has 0 N–H and O–H groups in total. The maximum atomic E-state index is 12.7. The summed E-state index contributed by atoms with van der Waals surface area (Å²) in [5.41, 5.74) is -3.69. The lowest BCUT2D eigenvalue weighted by Crippen LogP contribution is -2.21. The van der Waals surface area contributed by atoms with Gasteiger partial charge >= 0.3 is 12.5 Å². The van der Waals surface area contributed by atoms with Gasteiger partial charge in [-0.3, -0.25) is 4.79 Å². The van der Waals surface area contributed by atoms with Crippen molar-refractivity contribution in [1.29, 1.82) is 0 Å². The molecular weight excluding hydrogens is 304 g/mol. The molecule has 0 unspecified atom stereocenters. The number of hydrogen-bond donors (Lipinski definition) is 0. The van der Waals surface area contributed by atoms with Crippen LogP contribution in [0.2, 0.25) is 0 Å². The number of aromatic nitrogens is 1. The number of nitrogens with zero attached hydrogens (tertiary/aromatic N) is 1. The summed E-state index contributed by atoms with van der Waals surface area (Å²) in [6.07, 6.45) is -10.1. The third kappa shape index (κ3) is 3.72. The average molecular weight is 308 g/mol. The molecule has 106 valence electrons. The Kier molecular flexibility index (Phi) is 4.28. The summed E-state index contributed by atoms with van der Waals surface area (Å²) in [6, 6.07) is 0. The quantitative estimate of drug-likeness (QED) is 0.487. The lowest BCUT2D eigenvalue weighted by Gasteiger charge is -2.17. The maximum absolute atomic E-state index is 12.7. The number of alkyl halides is 7. The van der Waals surface area contributed by atoms with Crippen molar-refractivity contribution in [2.24, 2.45) is 0 Å². The highest BCUT2D eigenvalue weighted by atomic mass is 35.5. The van der Waals surface area contributed by atoms with Gasteiger partial charge in [0.25, 0.3) is 0 Å². The zero-order valence-corrected chi connectivity index (χ0v) is 9.53. The van der Waals surface area contributed by atoms with Gasteiger partial charge in [0.1, 0.15) is 5.69 Å². The highest BCUT2D eigenvalue weighted by Gasteiger charge is 2.40. The highest BCUT2D eigenvalue weighted by Crippen LogP contribution is 2.39. The van der Waals surface area contributed by atoms with Crippen molar-refractivity contribution in [2.75, 3.05) is 0 Å². The number of carbonyl (C=O) groups excluding carboxylic acids is 1. The van der Waals surface area contributed by atoms with E-state index in [1.807, 2.05) is 0 Å². The van der Waals surface area contributed by atoms with E-state index in [2.05, 4.69) is 9.72 Å². The fourth-order valence-electron chi connectivity index (χ4n) is 1.30. The van der Waals surface area contributed by atoms with E-state index in [1.165, 1.54) is 0 Å². The Morgan fingerprint density at radius 1 is 1.26 bits per heavy atom. The first-order valence-electron chi connectivity index (χ1n) is 4.46. The van der Waals surface area contributed by atoms with Crippen molar-refractivity contribution in [3.63, 3.8) is 0 Å². The molecule has 19 heavy (non-hydrogen) atoms. The standard InChI is InChI=1S/C9H4ClF6NO2/c10-1-4-6(19-9(14,15)16)2-17-5(3-18)7(4)8(11,12)13/h2-3H,1H2. The minimum atomic E-state index is -5.20. The molecule has 0 amide bonds. The molecule has 10 heteroatoms. The molecule has 1 aromatic rings. The highest BCUT2D eigenvalue weighted by molar-refractivity contribution is 6.17. The van der Waals surface area contributed by atoms with E-state index >= 15 is 0 Å². The molecule has 0 aliphatic carbocycles. The van der Waals surface area contributed by atoms with Gasteiger partial charge in [0.2, 0.25) is 0 Å². The van der Waals surface area contributed by atoms with Crippen molar-refractivity contribution < 1.29 is 35.9 Å². The Hall–Kier alpha value is -1.51. The van der Waals surface area contributed by atoms with E-state index in [9.17, 15) is 31.1 Å². The van der Waals surface area contributed by atoms with Gasteiger partial charge in [-0.05, 0) is 0 Å². The average Bonchev–Trinajstić information content (AvgIpc) is 2.25. The summed E-state index contributed by atoms with van der Waals surface area (Å²) >= 11 is 5.21. The van der Waals surface area contributed by atoms with Crippen LogP contribution in [-0.4, -0.2) is 17.6 Å². The van der Waals surface area contributed by atoms with Gasteiger partial charge in [-0.2, -0.15) is 13.2 Å². The summed E-state index contributed by atoms with van der Waals surface area (Å²) in [4.78, 5) is 13.5. The van der Waals surface area contributed by atoms with E-state index < -0.39 is 41.0 Å². The van der Waals surface area contributed by atoms with E-state index in [-0.39, 0.29) is 6.29 Å². The summed E-state index contributed by atoms with van der Waals surface area (Å²) in [5.74, 6) is -2.12. The van der Waals surface area contributed by atoms with Crippen LogP contribution >= 0.6 is 11.6 Å². The lowest BCUT2D eigenvalue weighted by molar-refractivity contribution is -0.275. The van der Waals surface area contributed by atoms with Crippen LogP contribution in [0.25, 0.3) is 0 Å².